The fourth-order valence-corrected chi connectivity index (χ4v) is 2.72. The summed E-state index contributed by atoms with van der Waals surface area (Å²) in [5.74, 6) is 1.65. The Labute approximate surface area is 127 Å². The Morgan fingerprint density at radius 3 is 2.74 bits per heavy atom. The molecule has 0 saturated carbocycles. The SMILES string of the molecule is COc1ccc2nc(-c3cc(Br)ccc3Br)[nH]c2c1. The summed E-state index contributed by atoms with van der Waals surface area (Å²) in [6, 6.07) is 11.8. The van der Waals surface area contributed by atoms with Gasteiger partial charge in [0.05, 0.1) is 18.1 Å². The molecule has 2 aromatic carbocycles. The van der Waals surface area contributed by atoms with E-state index >= 15 is 0 Å². The fraction of sp³-hybridized carbons (Fsp3) is 0.0714. The number of ether oxygens (including phenoxy) is 1. The summed E-state index contributed by atoms with van der Waals surface area (Å²) in [5, 5.41) is 0. The number of methoxy groups -OCH3 is 1. The second-order valence-electron chi connectivity index (χ2n) is 4.09. The van der Waals surface area contributed by atoms with Crippen LogP contribution in [0.2, 0.25) is 0 Å². The van der Waals surface area contributed by atoms with Crippen molar-refractivity contribution in [1.29, 1.82) is 0 Å². The van der Waals surface area contributed by atoms with Crippen molar-refractivity contribution in [2.45, 2.75) is 0 Å². The van der Waals surface area contributed by atoms with E-state index in [9.17, 15) is 0 Å². The molecule has 0 saturated heterocycles. The van der Waals surface area contributed by atoms with Crippen LogP contribution in [0.3, 0.4) is 0 Å². The second-order valence-corrected chi connectivity index (χ2v) is 5.86. The first-order valence-electron chi connectivity index (χ1n) is 5.66. The quantitative estimate of drug-likeness (QED) is 0.694. The van der Waals surface area contributed by atoms with E-state index < -0.39 is 0 Å². The molecule has 1 aromatic heterocycles. The molecule has 0 spiro atoms. The average molecular weight is 382 g/mol. The van der Waals surface area contributed by atoms with Crippen LogP contribution >= 0.6 is 31.9 Å². The summed E-state index contributed by atoms with van der Waals surface area (Å²) in [6.07, 6.45) is 0. The third-order valence-corrected chi connectivity index (χ3v) is 4.06. The van der Waals surface area contributed by atoms with Gasteiger partial charge in [-0.25, -0.2) is 4.98 Å². The van der Waals surface area contributed by atoms with Crippen molar-refractivity contribution in [3.63, 3.8) is 0 Å². The van der Waals surface area contributed by atoms with E-state index in [0.717, 1.165) is 37.1 Å². The van der Waals surface area contributed by atoms with Crippen LogP contribution in [0.5, 0.6) is 5.75 Å². The molecule has 1 N–H and O–H groups in total. The van der Waals surface area contributed by atoms with Gasteiger partial charge in [0.1, 0.15) is 11.6 Å². The zero-order valence-electron chi connectivity index (χ0n) is 10.1. The van der Waals surface area contributed by atoms with Gasteiger partial charge >= 0.3 is 0 Å². The Balaban J connectivity index is 2.17. The Morgan fingerprint density at radius 2 is 1.95 bits per heavy atom. The van der Waals surface area contributed by atoms with Gasteiger partial charge in [-0.3, -0.25) is 0 Å². The molecule has 1 heterocycles. The number of imidazole rings is 1. The predicted octanol–water partition coefficient (Wildman–Crippen LogP) is 4.76. The molecule has 3 aromatic rings. The van der Waals surface area contributed by atoms with Crippen LogP contribution in [-0.4, -0.2) is 17.1 Å². The molecule has 0 aliphatic carbocycles. The normalized spacial score (nSPS) is 10.9. The number of hydrogen-bond acceptors (Lipinski definition) is 2. The highest BCUT2D eigenvalue weighted by Gasteiger charge is 2.09. The average Bonchev–Trinajstić information content (AvgIpc) is 2.83. The van der Waals surface area contributed by atoms with Gasteiger partial charge in [0.25, 0.3) is 0 Å². The van der Waals surface area contributed by atoms with E-state index in [-0.39, 0.29) is 0 Å². The number of hydrogen-bond donors (Lipinski definition) is 1. The first-order chi connectivity index (χ1) is 9.17. The van der Waals surface area contributed by atoms with Crippen LogP contribution in [0.4, 0.5) is 0 Å². The topological polar surface area (TPSA) is 37.9 Å². The molecule has 3 rings (SSSR count). The zero-order chi connectivity index (χ0) is 13.4. The summed E-state index contributed by atoms with van der Waals surface area (Å²) in [4.78, 5) is 7.91. The van der Waals surface area contributed by atoms with Gasteiger partial charge in [0.2, 0.25) is 0 Å². The van der Waals surface area contributed by atoms with Gasteiger partial charge < -0.3 is 9.72 Å². The van der Waals surface area contributed by atoms with Gasteiger partial charge in [-0.2, -0.15) is 0 Å². The maximum atomic E-state index is 5.22. The van der Waals surface area contributed by atoms with Gasteiger partial charge in [0.15, 0.2) is 0 Å². The van der Waals surface area contributed by atoms with Crippen LogP contribution in [0.25, 0.3) is 22.4 Å². The van der Waals surface area contributed by atoms with E-state index in [2.05, 4.69) is 41.8 Å². The molecule has 0 aliphatic rings. The lowest BCUT2D eigenvalue weighted by Crippen LogP contribution is -1.82. The molecule has 0 radical (unpaired) electrons. The predicted molar refractivity (Wildman–Crippen MR) is 83.5 cm³/mol. The number of H-pyrrole nitrogens is 1. The first-order valence-corrected chi connectivity index (χ1v) is 7.25. The number of rotatable bonds is 2. The summed E-state index contributed by atoms with van der Waals surface area (Å²) in [6.45, 7) is 0. The molecule has 0 fully saturated rings. The van der Waals surface area contributed by atoms with Crippen LogP contribution in [0.1, 0.15) is 0 Å². The molecule has 0 amide bonds. The number of aromatic nitrogens is 2. The van der Waals surface area contributed by atoms with E-state index in [4.69, 9.17) is 4.74 Å². The Bertz CT molecular complexity index is 752. The molecule has 0 unspecified atom stereocenters. The Hall–Kier alpha value is -1.33. The highest BCUT2D eigenvalue weighted by molar-refractivity contribution is 9.11. The van der Waals surface area contributed by atoms with Gasteiger partial charge in [-0.1, -0.05) is 31.9 Å². The summed E-state index contributed by atoms with van der Waals surface area (Å²) in [5.41, 5.74) is 2.90. The second kappa shape index (κ2) is 4.98. The molecule has 0 bridgehead atoms. The minimum absolute atomic E-state index is 0.816. The molecule has 96 valence electrons. The van der Waals surface area contributed by atoms with E-state index in [1.165, 1.54) is 0 Å². The third-order valence-electron chi connectivity index (χ3n) is 2.87. The number of aromatic amines is 1. The van der Waals surface area contributed by atoms with Crippen molar-refractivity contribution in [1.82, 2.24) is 9.97 Å². The molecule has 0 aliphatic heterocycles. The van der Waals surface area contributed by atoms with Crippen molar-refractivity contribution >= 4 is 42.9 Å². The van der Waals surface area contributed by atoms with Crippen LogP contribution in [0.15, 0.2) is 45.3 Å². The largest absolute Gasteiger partial charge is 0.497 e. The van der Waals surface area contributed by atoms with Crippen molar-refractivity contribution in [3.8, 4) is 17.1 Å². The highest BCUT2D eigenvalue weighted by atomic mass is 79.9. The molecular formula is C14H10Br2N2O. The maximum Gasteiger partial charge on any atom is 0.139 e. The Morgan fingerprint density at radius 1 is 1.11 bits per heavy atom. The lowest BCUT2D eigenvalue weighted by molar-refractivity contribution is 0.415. The maximum absolute atomic E-state index is 5.22. The third kappa shape index (κ3) is 2.40. The van der Waals surface area contributed by atoms with Crippen molar-refractivity contribution in [2.75, 3.05) is 7.11 Å². The van der Waals surface area contributed by atoms with Crippen molar-refractivity contribution < 1.29 is 4.74 Å². The fourth-order valence-electron chi connectivity index (χ4n) is 1.92. The number of nitrogens with zero attached hydrogens (tertiary/aromatic N) is 1. The monoisotopic (exact) mass is 380 g/mol. The number of benzene rings is 2. The smallest absolute Gasteiger partial charge is 0.139 e. The highest BCUT2D eigenvalue weighted by Crippen LogP contribution is 2.31. The standard InChI is InChI=1S/C14H10Br2N2O/c1-19-9-3-5-12-13(7-9)18-14(17-12)10-6-8(15)2-4-11(10)16/h2-7H,1H3,(H,17,18). The van der Waals surface area contributed by atoms with Gasteiger partial charge in [-0.05, 0) is 30.3 Å². The number of fused-ring (bicyclic) bond motifs is 1. The molecule has 5 heteroatoms. The van der Waals surface area contributed by atoms with E-state index in [1.807, 2.05) is 36.4 Å². The van der Waals surface area contributed by atoms with Gasteiger partial charge in [-0.15, -0.1) is 0 Å². The van der Waals surface area contributed by atoms with Crippen LogP contribution in [-0.2, 0) is 0 Å². The van der Waals surface area contributed by atoms with Crippen LogP contribution < -0.4 is 4.74 Å². The van der Waals surface area contributed by atoms with E-state index in [1.54, 1.807) is 7.11 Å². The minimum Gasteiger partial charge on any atom is -0.497 e. The van der Waals surface area contributed by atoms with E-state index in [0.29, 0.717) is 0 Å². The zero-order valence-corrected chi connectivity index (χ0v) is 13.2. The van der Waals surface area contributed by atoms with Crippen LogP contribution in [0, 0.1) is 0 Å². The number of halogens is 2. The molecular weight excluding hydrogens is 372 g/mol. The first kappa shape index (κ1) is 12.7. The molecule has 19 heavy (non-hydrogen) atoms. The van der Waals surface area contributed by atoms with Gasteiger partial charge in [0, 0.05) is 20.6 Å². The molecule has 3 nitrogen and oxygen atoms in total. The lowest BCUT2D eigenvalue weighted by Gasteiger charge is -2.01. The summed E-state index contributed by atoms with van der Waals surface area (Å²) >= 11 is 7.02. The summed E-state index contributed by atoms with van der Waals surface area (Å²) in [7, 11) is 1.66. The summed E-state index contributed by atoms with van der Waals surface area (Å²) < 4.78 is 7.23. The molecule has 0 atom stereocenters. The Kier molecular flexibility index (Phi) is 3.33. The van der Waals surface area contributed by atoms with Crippen molar-refractivity contribution in [2.24, 2.45) is 0 Å². The van der Waals surface area contributed by atoms with Crippen molar-refractivity contribution in [3.05, 3.63) is 45.3 Å². The minimum atomic E-state index is 0.816. The number of nitrogens with one attached hydrogen (secondary N) is 1. The lowest BCUT2D eigenvalue weighted by atomic mass is 10.2.